The average molecular weight is 413 g/mol. The largest absolute Gasteiger partial charge is 0.490 e. The number of aryl methyl sites for hydroxylation is 2. The van der Waals surface area contributed by atoms with Crippen molar-refractivity contribution >= 4 is 23.5 Å². The summed E-state index contributed by atoms with van der Waals surface area (Å²) in [6.07, 6.45) is 0.775. The maximum absolute atomic E-state index is 13.0. The number of fused-ring (bicyclic) bond motifs is 1. The Bertz CT molecular complexity index is 1030. The molecule has 3 heterocycles. The normalized spacial score (nSPS) is 20.7. The predicted octanol–water partition coefficient (Wildman–Crippen LogP) is 2.46. The molecular weight excluding hydrogens is 390 g/mol. The second-order valence-electron chi connectivity index (χ2n) is 7.53. The molecule has 1 aromatic heterocycles. The minimum atomic E-state index is -1.28. The standard InChI is InChI=1S/C21H23N3O6/c1-12-9-15(13(2)30-12)21(3)19(26)24(20(27)23-21)11-18(25)22-14-5-6-16-17(10-14)29-8-4-7-28-16/h5-6,9-10H,4,7-8,11H2,1-3H3,(H,22,25)(H,23,27)/t21-/m0/s1. The first-order valence-electron chi connectivity index (χ1n) is 9.69. The van der Waals surface area contributed by atoms with E-state index in [0.29, 0.717) is 47.5 Å². The Morgan fingerprint density at radius 1 is 1.17 bits per heavy atom. The van der Waals surface area contributed by atoms with Gasteiger partial charge in [0, 0.05) is 23.7 Å². The van der Waals surface area contributed by atoms with Gasteiger partial charge in [0.1, 0.15) is 23.6 Å². The highest BCUT2D eigenvalue weighted by atomic mass is 16.5. The number of imide groups is 1. The van der Waals surface area contributed by atoms with E-state index in [1.165, 1.54) is 0 Å². The number of anilines is 1. The van der Waals surface area contributed by atoms with Crippen LogP contribution in [-0.4, -0.2) is 42.5 Å². The molecule has 2 aliphatic heterocycles. The number of hydrogen-bond acceptors (Lipinski definition) is 6. The zero-order chi connectivity index (χ0) is 21.5. The lowest BCUT2D eigenvalue weighted by atomic mass is 9.92. The van der Waals surface area contributed by atoms with E-state index < -0.39 is 29.9 Å². The first-order chi connectivity index (χ1) is 14.3. The molecule has 1 atom stereocenters. The summed E-state index contributed by atoms with van der Waals surface area (Å²) in [4.78, 5) is 38.9. The van der Waals surface area contributed by atoms with Crippen molar-refractivity contribution < 1.29 is 28.3 Å². The molecule has 0 radical (unpaired) electrons. The van der Waals surface area contributed by atoms with Gasteiger partial charge in [0.25, 0.3) is 5.91 Å². The van der Waals surface area contributed by atoms with Crippen LogP contribution in [0.4, 0.5) is 10.5 Å². The van der Waals surface area contributed by atoms with Gasteiger partial charge < -0.3 is 24.5 Å². The van der Waals surface area contributed by atoms with Crippen molar-refractivity contribution in [3.63, 3.8) is 0 Å². The van der Waals surface area contributed by atoms with Gasteiger partial charge >= 0.3 is 6.03 Å². The molecule has 2 aliphatic rings. The molecule has 4 amide bonds. The molecule has 2 aromatic rings. The van der Waals surface area contributed by atoms with Crippen LogP contribution in [0.5, 0.6) is 11.5 Å². The summed E-state index contributed by atoms with van der Waals surface area (Å²) in [5, 5.41) is 5.37. The lowest BCUT2D eigenvalue weighted by molar-refractivity contribution is -0.133. The number of urea groups is 1. The minimum Gasteiger partial charge on any atom is -0.490 e. The molecule has 0 saturated carbocycles. The van der Waals surface area contributed by atoms with Gasteiger partial charge in [-0.15, -0.1) is 0 Å². The number of amides is 4. The summed E-state index contributed by atoms with van der Waals surface area (Å²) < 4.78 is 16.7. The molecule has 2 N–H and O–H groups in total. The zero-order valence-corrected chi connectivity index (χ0v) is 17.0. The summed E-state index contributed by atoms with van der Waals surface area (Å²) in [5.41, 5.74) is -0.224. The third kappa shape index (κ3) is 3.47. The fourth-order valence-corrected chi connectivity index (χ4v) is 3.74. The Hall–Kier alpha value is -3.49. The van der Waals surface area contributed by atoms with Crippen molar-refractivity contribution in [1.29, 1.82) is 0 Å². The highest BCUT2D eigenvalue weighted by Gasteiger charge is 2.51. The Balaban J connectivity index is 1.47. The molecule has 0 bridgehead atoms. The van der Waals surface area contributed by atoms with Crippen LogP contribution in [0.1, 0.15) is 30.4 Å². The number of nitrogens with zero attached hydrogens (tertiary/aromatic N) is 1. The van der Waals surface area contributed by atoms with Crippen molar-refractivity contribution in [3.05, 3.63) is 41.3 Å². The Labute approximate surface area is 173 Å². The monoisotopic (exact) mass is 413 g/mol. The minimum absolute atomic E-state index is 0.412. The van der Waals surface area contributed by atoms with Gasteiger partial charge in [0.15, 0.2) is 11.5 Å². The second kappa shape index (κ2) is 7.40. The lowest BCUT2D eigenvalue weighted by Crippen LogP contribution is -2.42. The first kappa shape index (κ1) is 19.8. The maximum atomic E-state index is 13.0. The summed E-state index contributed by atoms with van der Waals surface area (Å²) in [7, 11) is 0. The van der Waals surface area contributed by atoms with Crippen molar-refractivity contribution in [2.45, 2.75) is 32.7 Å². The molecule has 30 heavy (non-hydrogen) atoms. The molecule has 0 spiro atoms. The van der Waals surface area contributed by atoms with Gasteiger partial charge in [0.05, 0.1) is 13.2 Å². The van der Waals surface area contributed by atoms with Crippen molar-refractivity contribution in [1.82, 2.24) is 10.2 Å². The van der Waals surface area contributed by atoms with E-state index in [-0.39, 0.29) is 0 Å². The molecule has 1 aromatic carbocycles. The molecule has 9 nitrogen and oxygen atoms in total. The molecule has 0 aliphatic carbocycles. The highest BCUT2D eigenvalue weighted by Crippen LogP contribution is 2.34. The van der Waals surface area contributed by atoms with Crippen LogP contribution in [0.15, 0.2) is 28.7 Å². The van der Waals surface area contributed by atoms with E-state index in [9.17, 15) is 14.4 Å². The highest BCUT2D eigenvalue weighted by molar-refractivity contribution is 6.10. The van der Waals surface area contributed by atoms with Gasteiger partial charge in [-0.1, -0.05) is 0 Å². The van der Waals surface area contributed by atoms with Crippen LogP contribution in [0.3, 0.4) is 0 Å². The molecule has 1 fully saturated rings. The van der Waals surface area contributed by atoms with E-state index in [1.54, 1.807) is 45.0 Å². The summed E-state index contributed by atoms with van der Waals surface area (Å²) in [6.45, 7) is 5.78. The molecule has 158 valence electrons. The Morgan fingerprint density at radius 3 is 2.60 bits per heavy atom. The maximum Gasteiger partial charge on any atom is 0.325 e. The smallest absolute Gasteiger partial charge is 0.325 e. The third-order valence-electron chi connectivity index (χ3n) is 5.19. The number of furan rings is 1. The van der Waals surface area contributed by atoms with Crippen molar-refractivity contribution in [2.75, 3.05) is 25.1 Å². The number of benzene rings is 1. The zero-order valence-electron chi connectivity index (χ0n) is 17.0. The molecule has 4 rings (SSSR count). The predicted molar refractivity (Wildman–Crippen MR) is 106 cm³/mol. The van der Waals surface area contributed by atoms with Gasteiger partial charge in [-0.3, -0.25) is 14.5 Å². The fourth-order valence-electron chi connectivity index (χ4n) is 3.74. The molecule has 1 saturated heterocycles. The van der Waals surface area contributed by atoms with E-state index in [1.807, 2.05) is 0 Å². The lowest BCUT2D eigenvalue weighted by Gasteiger charge is -2.21. The fraction of sp³-hybridized carbons (Fsp3) is 0.381. The van der Waals surface area contributed by atoms with Crippen LogP contribution >= 0.6 is 0 Å². The third-order valence-corrected chi connectivity index (χ3v) is 5.19. The van der Waals surface area contributed by atoms with Crippen LogP contribution in [0.2, 0.25) is 0 Å². The van der Waals surface area contributed by atoms with Gasteiger partial charge in [0.2, 0.25) is 5.91 Å². The van der Waals surface area contributed by atoms with E-state index in [0.717, 1.165) is 11.3 Å². The summed E-state index contributed by atoms with van der Waals surface area (Å²) in [5.74, 6) is 1.32. The first-order valence-corrected chi connectivity index (χ1v) is 9.69. The van der Waals surface area contributed by atoms with Crippen LogP contribution in [0, 0.1) is 13.8 Å². The topological polar surface area (TPSA) is 110 Å². The van der Waals surface area contributed by atoms with Crippen LogP contribution < -0.4 is 20.1 Å². The van der Waals surface area contributed by atoms with E-state index in [4.69, 9.17) is 13.9 Å². The molecular formula is C21H23N3O6. The second-order valence-corrected chi connectivity index (χ2v) is 7.53. The van der Waals surface area contributed by atoms with Crippen molar-refractivity contribution in [3.8, 4) is 11.5 Å². The number of hydrogen-bond donors (Lipinski definition) is 2. The quantitative estimate of drug-likeness (QED) is 0.745. The number of ether oxygens (including phenoxy) is 2. The Kier molecular flexibility index (Phi) is 4.89. The van der Waals surface area contributed by atoms with Crippen molar-refractivity contribution in [2.24, 2.45) is 0 Å². The number of nitrogens with one attached hydrogen (secondary N) is 2. The van der Waals surface area contributed by atoms with Gasteiger partial charge in [-0.25, -0.2) is 4.79 Å². The molecule has 0 unspecified atom stereocenters. The van der Waals surface area contributed by atoms with Gasteiger partial charge in [-0.05, 0) is 39.0 Å². The number of carbonyl (C=O) groups is 3. The SMILES string of the molecule is Cc1cc([C@]2(C)NC(=O)N(CC(=O)Nc3ccc4c(c3)OCCCO4)C2=O)c(C)o1. The number of rotatable bonds is 4. The number of carbonyl (C=O) groups excluding carboxylic acids is 3. The molecule has 9 heteroatoms. The summed E-state index contributed by atoms with van der Waals surface area (Å²) in [6, 6.07) is 6.14. The Morgan fingerprint density at radius 2 is 1.90 bits per heavy atom. The van der Waals surface area contributed by atoms with E-state index in [2.05, 4.69) is 10.6 Å². The van der Waals surface area contributed by atoms with E-state index >= 15 is 0 Å². The van der Waals surface area contributed by atoms with Crippen LogP contribution in [-0.2, 0) is 15.1 Å². The van der Waals surface area contributed by atoms with Crippen LogP contribution in [0.25, 0.3) is 0 Å². The average Bonchev–Trinajstić information content (AvgIpc) is 3.02. The van der Waals surface area contributed by atoms with Gasteiger partial charge in [-0.2, -0.15) is 0 Å². The summed E-state index contributed by atoms with van der Waals surface area (Å²) >= 11 is 0.